The van der Waals surface area contributed by atoms with Gasteiger partial charge in [0, 0.05) is 6.61 Å². The summed E-state index contributed by atoms with van der Waals surface area (Å²) in [4.78, 5) is 6.08. The average Bonchev–Trinajstić information content (AvgIpc) is 2.34. The third-order valence-electron chi connectivity index (χ3n) is 3.56. The average molecular weight is 260 g/mol. The molecule has 1 rings (SSSR count). The summed E-state index contributed by atoms with van der Waals surface area (Å²) in [6.07, 6.45) is 3.70. The van der Waals surface area contributed by atoms with Crippen molar-refractivity contribution in [1.82, 2.24) is 5.01 Å². The van der Waals surface area contributed by atoms with Gasteiger partial charge in [0.2, 0.25) is 0 Å². The van der Waals surface area contributed by atoms with Gasteiger partial charge in [-0.05, 0) is 52.4 Å². The van der Waals surface area contributed by atoms with Crippen molar-refractivity contribution in [3.63, 3.8) is 0 Å². The topological polar surface area (TPSA) is 68.3 Å². The summed E-state index contributed by atoms with van der Waals surface area (Å²) in [7, 11) is 1.75. The first-order valence-electron chi connectivity index (χ1n) is 6.55. The van der Waals surface area contributed by atoms with Gasteiger partial charge in [0.1, 0.15) is 6.10 Å². The maximum absolute atomic E-state index is 9.71. The van der Waals surface area contributed by atoms with Gasteiger partial charge in [-0.2, -0.15) is 0 Å². The van der Waals surface area contributed by atoms with Crippen LogP contribution < -0.4 is 0 Å². The number of aliphatic hydroxyl groups excluding tert-OH is 1. The lowest BCUT2D eigenvalue weighted by Gasteiger charge is -2.25. The molecule has 0 aromatic heterocycles. The lowest BCUT2D eigenvalue weighted by molar-refractivity contribution is -0.946. The zero-order chi connectivity index (χ0) is 13.8. The third kappa shape index (κ3) is 4.33. The van der Waals surface area contributed by atoms with E-state index in [1.807, 2.05) is 20.8 Å². The molecule has 0 atom stereocenters. The van der Waals surface area contributed by atoms with Crippen molar-refractivity contribution in [1.29, 1.82) is 0 Å². The number of nitrogens with zero attached hydrogens (tertiary/aromatic N) is 3. The number of rotatable bonds is 4. The van der Waals surface area contributed by atoms with Gasteiger partial charge in [0.25, 0.3) is 10.2 Å². The second kappa shape index (κ2) is 6.22. The predicted molar refractivity (Wildman–Crippen MR) is 65.9 cm³/mol. The molecule has 0 bridgehead atoms. The summed E-state index contributed by atoms with van der Waals surface area (Å²) in [5.74, 6) is 0.396. The molecule has 106 valence electrons. The van der Waals surface area contributed by atoms with E-state index in [1.54, 1.807) is 12.1 Å². The fraction of sp³-hybridized carbons (Fsp3) is 1.00. The van der Waals surface area contributed by atoms with Gasteiger partial charge in [0.15, 0.2) is 0 Å². The molecule has 0 heterocycles. The summed E-state index contributed by atoms with van der Waals surface area (Å²) in [6, 6.07) is 0. The Morgan fingerprint density at radius 2 is 1.83 bits per heavy atom. The van der Waals surface area contributed by atoms with Crippen LogP contribution in [0.5, 0.6) is 0 Å². The van der Waals surface area contributed by atoms with E-state index in [-0.39, 0.29) is 18.2 Å². The van der Waals surface area contributed by atoms with Gasteiger partial charge in [0.05, 0.1) is 12.6 Å². The SMILES string of the molecule is CN(/[N+](O)=N/OC1CCC(CO)CC1)C(C)(C)C. The van der Waals surface area contributed by atoms with Crippen LogP contribution in [-0.4, -0.2) is 45.6 Å². The van der Waals surface area contributed by atoms with Crippen molar-refractivity contribution in [2.45, 2.75) is 58.1 Å². The van der Waals surface area contributed by atoms with E-state index in [0.29, 0.717) is 5.92 Å². The molecule has 1 aliphatic carbocycles. The maximum Gasteiger partial charge on any atom is 0.274 e. The molecule has 1 fully saturated rings. The summed E-state index contributed by atoms with van der Waals surface area (Å²) in [5.41, 5.74) is -0.226. The van der Waals surface area contributed by atoms with Crippen molar-refractivity contribution >= 4 is 0 Å². The molecule has 0 radical (unpaired) electrons. The fourth-order valence-electron chi connectivity index (χ4n) is 1.85. The molecule has 0 aromatic rings. The minimum Gasteiger partial charge on any atom is -0.396 e. The van der Waals surface area contributed by atoms with Crippen LogP contribution in [0.25, 0.3) is 0 Å². The molecule has 1 saturated carbocycles. The summed E-state index contributed by atoms with van der Waals surface area (Å²) >= 11 is 0. The van der Waals surface area contributed by atoms with Gasteiger partial charge in [-0.15, -0.1) is 5.01 Å². The second-order valence-electron chi connectivity index (χ2n) is 5.98. The summed E-state index contributed by atoms with van der Waals surface area (Å²) in [5, 5.41) is 24.1. The molecule has 0 spiro atoms. The highest BCUT2D eigenvalue weighted by molar-refractivity contribution is 4.71. The monoisotopic (exact) mass is 260 g/mol. The molecule has 6 heteroatoms. The largest absolute Gasteiger partial charge is 0.396 e. The highest BCUT2D eigenvalue weighted by Gasteiger charge is 2.29. The Morgan fingerprint density at radius 3 is 2.28 bits per heavy atom. The Morgan fingerprint density at radius 1 is 1.28 bits per heavy atom. The first-order valence-corrected chi connectivity index (χ1v) is 6.55. The van der Waals surface area contributed by atoms with Gasteiger partial charge in [-0.1, -0.05) is 0 Å². The van der Waals surface area contributed by atoms with E-state index < -0.39 is 0 Å². The molecule has 6 nitrogen and oxygen atoms in total. The minimum absolute atomic E-state index is 0.0378. The molecule has 0 saturated heterocycles. The third-order valence-corrected chi connectivity index (χ3v) is 3.56. The molecule has 0 aromatic carbocycles. The van der Waals surface area contributed by atoms with Gasteiger partial charge in [-0.3, -0.25) is 0 Å². The molecule has 18 heavy (non-hydrogen) atoms. The smallest absolute Gasteiger partial charge is 0.274 e. The van der Waals surface area contributed by atoms with E-state index in [4.69, 9.17) is 9.94 Å². The number of aliphatic hydroxyl groups is 1. The normalized spacial score (nSPS) is 25.9. The van der Waals surface area contributed by atoms with Crippen LogP contribution in [-0.2, 0) is 4.84 Å². The lowest BCUT2D eigenvalue weighted by atomic mass is 9.88. The highest BCUT2D eigenvalue weighted by Crippen LogP contribution is 2.25. The van der Waals surface area contributed by atoms with E-state index in [2.05, 4.69) is 5.28 Å². The first-order chi connectivity index (χ1) is 8.34. The molecule has 0 amide bonds. The van der Waals surface area contributed by atoms with Crippen LogP contribution in [0.4, 0.5) is 0 Å². The van der Waals surface area contributed by atoms with E-state index >= 15 is 0 Å². The van der Waals surface area contributed by atoms with Crippen LogP contribution in [0.1, 0.15) is 46.5 Å². The first kappa shape index (κ1) is 15.0. The summed E-state index contributed by atoms with van der Waals surface area (Å²) < 4.78 is 0. The Kier molecular flexibility index (Phi) is 5.19. The highest BCUT2D eigenvalue weighted by atomic mass is 16.7. The maximum atomic E-state index is 9.71. The quantitative estimate of drug-likeness (QED) is 0.460. The summed E-state index contributed by atoms with van der Waals surface area (Å²) in [6.45, 7) is 6.16. The lowest BCUT2D eigenvalue weighted by Crippen LogP contribution is -2.43. The van der Waals surface area contributed by atoms with Gasteiger partial charge in [-0.25, -0.2) is 5.21 Å². The van der Waals surface area contributed by atoms with E-state index in [9.17, 15) is 5.21 Å². The zero-order valence-corrected chi connectivity index (χ0v) is 11.8. The van der Waals surface area contributed by atoms with Crippen LogP contribution >= 0.6 is 0 Å². The van der Waals surface area contributed by atoms with Crippen LogP contribution in [0, 0.1) is 5.92 Å². The van der Waals surface area contributed by atoms with Crippen molar-refractivity contribution in [2.75, 3.05) is 13.7 Å². The number of hydrazine groups is 1. The Balaban J connectivity index is 2.40. The van der Waals surface area contributed by atoms with E-state index in [1.165, 1.54) is 0 Å². The van der Waals surface area contributed by atoms with E-state index in [0.717, 1.165) is 30.7 Å². The van der Waals surface area contributed by atoms with Crippen LogP contribution in [0.2, 0.25) is 0 Å². The molecular formula is C12H26N3O3+. The minimum atomic E-state index is -0.226. The second-order valence-corrected chi connectivity index (χ2v) is 5.98. The predicted octanol–water partition coefficient (Wildman–Crippen LogP) is 1.97. The zero-order valence-electron chi connectivity index (χ0n) is 11.8. The van der Waals surface area contributed by atoms with Crippen molar-refractivity contribution in [3.05, 3.63) is 0 Å². The molecular weight excluding hydrogens is 234 g/mol. The molecule has 0 aliphatic heterocycles. The Hall–Kier alpha value is -1.04. The van der Waals surface area contributed by atoms with Crippen molar-refractivity contribution in [3.8, 4) is 0 Å². The number of hydrogen-bond acceptors (Lipinski definition) is 3. The van der Waals surface area contributed by atoms with Gasteiger partial charge >= 0.3 is 0 Å². The van der Waals surface area contributed by atoms with Gasteiger partial charge < -0.3 is 9.94 Å². The Bertz CT molecular complexity index is 281. The molecule has 2 N–H and O–H groups in total. The molecule has 1 aliphatic rings. The van der Waals surface area contributed by atoms with Crippen LogP contribution in [0.3, 0.4) is 0 Å². The van der Waals surface area contributed by atoms with Crippen molar-refractivity contribution in [2.24, 2.45) is 11.2 Å². The standard InChI is InChI=1S/C12H26N3O3/c1-12(2,3)14(4)15(17)13-18-11-7-5-10(9-16)6-8-11/h10-11,16H,5-9H2,1-4H3,(H,13,17)/q+1. The van der Waals surface area contributed by atoms with Crippen molar-refractivity contribution < 1.29 is 20.1 Å². The fourth-order valence-corrected chi connectivity index (χ4v) is 1.85. The Labute approximate surface area is 109 Å². The van der Waals surface area contributed by atoms with Crippen LogP contribution in [0.15, 0.2) is 5.28 Å². The number of hydrogen-bond donors (Lipinski definition) is 2. The molecule has 0 unspecified atom stereocenters.